The third-order valence-corrected chi connectivity index (χ3v) is 10.6. The molecule has 0 saturated heterocycles. The predicted octanol–water partition coefficient (Wildman–Crippen LogP) is 5.33. The number of benzene rings is 1. The van der Waals surface area contributed by atoms with Crippen LogP contribution >= 0.6 is 0 Å². The zero-order chi connectivity index (χ0) is 25.9. The van der Waals surface area contributed by atoms with Crippen molar-refractivity contribution in [2.45, 2.75) is 77.9 Å². The fraction of sp³-hybridized carbons (Fsp3) is 0.667. The number of methoxy groups -OCH3 is 1. The molecule has 1 N–H and O–H groups in total. The molecule has 6 nitrogen and oxygen atoms in total. The summed E-state index contributed by atoms with van der Waals surface area (Å²) in [7, 11) is 1.54. The van der Waals surface area contributed by atoms with Gasteiger partial charge in [-0.1, -0.05) is 38.1 Å². The Kier molecular flexibility index (Phi) is 6.26. The highest BCUT2D eigenvalue weighted by Gasteiger charge is 2.68. The van der Waals surface area contributed by atoms with Crippen LogP contribution in [0.1, 0.15) is 76.1 Å². The van der Waals surface area contributed by atoms with Crippen molar-refractivity contribution in [3.63, 3.8) is 0 Å². The normalized spacial score (nSPS) is 41.1. The first-order valence-corrected chi connectivity index (χ1v) is 13.4. The number of aliphatic hydroxyl groups is 1. The first-order valence-electron chi connectivity index (χ1n) is 13.4. The van der Waals surface area contributed by atoms with E-state index in [1.54, 1.807) is 18.2 Å². The van der Waals surface area contributed by atoms with Crippen LogP contribution in [-0.4, -0.2) is 43.0 Å². The summed E-state index contributed by atoms with van der Waals surface area (Å²) in [6.45, 7) is 10.4. The maximum Gasteiger partial charge on any atom is 0.342 e. The molecular formula is C30H40O6. The molecule has 4 fully saturated rings. The van der Waals surface area contributed by atoms with Gasteiger partial charge in [0.25, 0.3) is 0 Å². The summed E-state index contributed by atoms with van der Waals surface area (Å²) in [5, 5.41) is 11.7. The summed E-state index contributed by atoms with van der Waals surface area (Å²) in [6, 6.07) is 7.06. The number of hydrogen-bond donors (Lipinski definition) is 1. The monoisotopic (exact) mass is 496 g/mol. The van der Waals surface area contributed by atoms with E-state index < -0.39 is 23.6 Å². The molecule has 6 heteroatoms. The molecule has 0 unspecified atom stereocenters. The van der Waals surface area contributed by atoms with Crippen LogP contribution < -0.4 is 4.74 Å². The first-order chi connectivity index (χ1) is 17.0. The zero-order valence-electron chi connectivity index (χ0n) is 22.0. The average Bonchev–Trinajstić information content (AvgIpc) is 3.11. The van der Waals surface area contributed by atoms with Gasteiger partial charge in [0.15, 0.2) is 0 Å². The number of allylic oxidation sites excluding steroid dienone is 1. The molecule has 36 heavy (non-hydrogen) atoms. The van der Waals surface area contributed by atoms with Crippen LogP contribution in [0.2, 0.25) is 0 Å². The van der Waals surface area contributed by atoms with E-state index in [2.05, 4.69) is 20.4 Å². The molecule has 4 saturated carbocycles. The second kappa shape index (κ2) is 8.90. The summed E-state index contributed by atoms with van der Waals surface area (Å²) in [4.78, 5) is 25.2. The molecule has 1 aromatic rings. The fourth-order valence-electron chi connectivity index (χ4n) is 8.93. The Bertz CT molecular complexity index is 1070. The molecule has 0 aliphatic heterocycles. The van der Waals surface area contributed by atoms with Crippen molar-refractivity contribution in [3.05, 3.63) is 42.0 Å². The molecule has 4 aliphatic rings. The molecule has 5 rings (SSSR count). The summed E-state index contributed by atoms with van der Waals surface area (Å²) in [6.07, 6.45) is 5.51. The van der Waals surface area contributed by atoms with Gasteiger partial charge in [0.1, 0.15) is 24.0 Å². The van der Waals surface area contributed by atoms with Crippen molar-refractivity contribution < 1.29 is 28.9 Å². The Labute approximate surface area is 214 Å². The molecule has 0 radical (unpaired) electrons. The maximum atomic E-state index is 13.3. The minimum absolute atomic E-state index is 0.0446. The molecule has 0 heterocycles. The molecule has 0 aromatic heterocycles. The molecule has 1 spiro atoms. The van der Waals surface area contributed by atoms with Crippen molar-refractivity contribution in [2.75, 3.05) is 13.7 Å². The number of carbonyl (C=O) groups excluding carboxylic acids is 2. The van der Waals surface area contributed by atoms with Gasteiger partial charge >= 0.3 is 11.9 Å². The van der Waals surface area contributed by atoms with E-state index in [0.29, 0.717) is 36.0 Å². The lowest BCUT2D eigenvalue weighted by Gasteiger charge is -2.66. The van der Waals surface area contributed by atoms with E-state index in [0.717, 1.165) is 32.1 Å². The Morgan fingerprint density at radius 2 is 1.89 bits per heavy atom. The number of ether oxygens (including phenoxy) is 3. The predicted molar refractivity (Wildman–Crippen MR) is 135 cm³/mol. The summed E-state index contributed by atoms with van der Waals surface area (Å²) >= 11 is 0. The number of fused-ring (bicyclic) bond motifs is 3. The Balaban J connectivity index is 1.49. The van der Waals surface area contributed by atoms with Gasteiger partial charge in [0, 0.05) is 17.8 Å². The van der Waals surface area contributed by atoms with Gasteiger partial charge in [-0.25, -0.2) is 4.79 Å². The van der Waals surface area contributed by atoms with Gasteiger partial charge < -0.3 is 19.3 Å². The minimum atomic E-state index is -0.620. The number of carbonyl (C=O) groups is 2. The Morgan fingerprint density at radius 1 is 1.14 bits per heavy atom. The van der Waals surface area contributed by atoms with E-state index in [1.807, 2.05) is 6.07 Å². The lowest BCUT2D eigenvalue weighted by molar-refractivity contribution is -0.232. The first kappa shape index (κ1) is 25.3. The summed E-state index contributed by atoms with van der Waals surface area (Å²) in [5.41, 5.74) is 0.922. The molecule has 1 aromatic carbocycles. The third kappa shape index (κ3) is 3.70. The Hall–Kier alpha value is -2.34. The van der Waals surface area contributed by atoms with Crippen LogP contribution in [0.5, 0.6) is 5.75 Å². The Morgan fingerprint density at radius 3 is 2.61 bits per heavy atom. The number of esters is 2. The van der Waals surface area contributed by atoms with Crippen LogP contribution in [0.15, 0.2) is 36.4 Å². The van der Waals surface area contributed by atoms with Crippen LogP contribution in [0.3, 0.4) is 0 Å². The van der Waals surface area contributed by atoms with Gasteiger partial charge in [0.05, 0.1) is 13.2 Å². The van der Waals surface area contributed by atoms with Crippen molar-refractivity contribution in [1.29, 1.82) is 0 Å². The van der Waals surface area contributed by atoms with Crippen molar-refractivity contribution >= 4 is 11.9 Å². The number of rotatable bonds is 5. The van der Waals surface area contributed by atoms with Gasteiger partial charge in [-0.15, -0.1) is 0 Å². The maximum absolute atomic E-state index is 13.3. The topological polar surface area (TPSA) is 82.1 Å². The number of aliphatic hydroxyl groups excluding tert-OH is 1. The van der Waals surface area contributed by atoms with E-state index in [9.17, 15) is 14.7 Å². The standard InChI is InChI=1S/C30H40O6/c1-18-15-30-16-20(18)10-11-23(30)28(3)13-12-26(36-27(33)21-8-6-7-9-22(21)34-5)29(4,17-35-19(2)31)24(28)14-25(30)32/h6-9,20,23-26,32H,1,10-17H2,2-5H3/t20-,23-,24+,25-,26+,28-,29+,30+/m0/s1. The SMILES string of the molecule is C=C1C[C@@]23C[C@@H]1CC[C@H]2[C@]1(C)CC[C@@H](OC(=O)c2ccccc2OC)[C@](C)(COC(C)=O)[C@@H]1C[C@@H]3O. The molecule has 2 bridgehead atoms. The van der Waals surface area contributed by atoms with E-state index in [-0.39, 0.29) is 29.3 Å². The largest absolute Gasteiger partial charge is 0.496 e. The van der Waals surface area contributed by atoms with Crippen LogP contribution in [0.25, 0.3) is 0 Å². The van der Waals surface area contributed by atoms with Gasteiger partial charge in [-0.05, 0) is 80.2 Å². The van der Waals surface area contributed by atoms with Crippen LogP contribution in [-0.2, 0) is 14.3 Å². The highest BCUT2D eigenvalue weighted by molar-refractivity contribution is 5.92. The number of para-hydroxylation sites is 1. The molecule has 4 aliphatic carbocycles. The van der Waals surface area contributed by atoms with Gasteiger partial charge in [0.2, 0.25) is 0 Å². The van der Waals surface area contributed by atoms with Crippen molar-refractivity contribution in [2.24, 2.45) is 34.0 Å². The average molecular weight is 497 g/mol. The molecule has 8 atom stereocenters. The number of hydrogen-bond acceptors (Lipinski definition) is 6. The van der Waals surface area contributed by atoms with Gasteiger partial charge in [-0.3, -0.25) is 4.79 Å². The summed E-state index contributed by atoms with van der Waals surface area (Å²) in [5.74, 6) is 0.635. The van der Waals surface area contributed by atoms with E-state index in [4.69, 9.17) is 14.2 Å². The van der Waals surface area contributed by atoms with Crippen molar-refractivity contribution in [3.8, 4) is 5.75 Å². The molecular weight excluding hydrogens is 456 g/mol. The summed E-state index contributed by atoms with van der Waals surface area (Å²) < 4.78 is 17.2. The quantitative estimate of drug-likeness (QED) is 0.438. The highest BCUT2D eigenvalue weighted by atomic mass is 16.6. The molecule has 196 valence electrons. The van der Waals surface area contributed by atoms with Crippen molar-refractivity contribution in [1.82, 2.24) is 0 Å². The second-order valence-corrected chi connectivity index (χ2v) is 12.3. The lowest BCUT2D eigenvalue weighted by Crippen LogP contribution is -2.65. The zero-order valence-corrected chi connectivity index (χ0v) is 22.0. The van der Waals surface area contributed by atoms with Crippen LogP contribution in [0, 0.1) is 34.0 Å². The smallest absolute Gasteiger partial charge is 0.342 e. The molecule has 0 amide bonds. The third-order valence-electron chi connectivity index (χ3n) is 10.6. The van der Waals surface area contributed by atoms with E-state index in [1.165, 1.54) is 19.6 Å². The fourth-order valence-corrected chi connectivity index (χ4v) is 8.93. The highest BCUT2D eigenvalue weighted by Crippen LogP contribution is 2.72. The minimum Gasteiger partial charge on any atom is -0.496 e. The van der Waals surface area contributed by atoms with E-state index >= 15 is 0 Å². The lowest BCUT2D eigenvalue weighted by atomic mass is 9.40. The van der Waals surface area contributed by atoms with Crippen LogP contribution in [0.4, 0.5) is 0 Å². The van der Waals surface area contributed by atoms with Gasteiger partial charge in [-0.2, -0.15) is 0 Å². The second-order valence-electron chi connectivity index (χ2n) is 12.3.